The Kier molecular flexibility index (Phi) is 6.07. The number of ether oxygens (including phenoxy) is 1. The van der Waals surface area contributed by atoms with Crippen molar-refractivity contribution >= 4 is 11.6 Å². The van der Waals surface area contributed by atoms with E-state index >= 15 is 0 Å². The number of rotatable bonds is 7. The maximum Gasteiger partial charge on any atom is 0.227 e. The van der Waals surface area contributed by atoms with Crippen molar-refractivity contribution in [3.63, 3.8) is 0 Å². The zero-order chi connectivity index (χ0) is 22.8. The lowest BCUT2D eigenvalue weighted by Gasteiger charge is -2.21. The largest absolute Gasteiger partial charge is 0.478 e. The summed E-state index contributed by atoms with van der Waals surface area (Å²) in [5.41, 5.74) is 4.40. The van der Waals surface area contributed by atoms with E-state index in [4.69, 9.17) is 4.74 Å². The first-order chi connectivity index (χ1) is 16.1. The number of hydrogen-bond acceptors (Lipinski definition) is 6. The molecule has 5 rings (SSSR count). The van der Waals surface area contributed by atoms with E-state index < -0.39 is 0 Å². The molecule has 0 aliphatic heterocycles. The Labute approximate surface area is 193 Å². The van der Waals surface area contributed by atoms with Crippen LogP contribution in [-0.4, -0.2) is 38.1 Å². The Bertz CT molecular complexity index is 1110. The number of H-pyrrole nitrogens is 1. The minimum absolute atomic E-state index is 0.128. The Balaban J connectivity index is 1.40. The van der Waals surface area contributed by atoms with Gasteiger partial charge in [-0.2, -0.15) is 5.21 Å². The number of carbonyl (C=O) groups excluding carboxylic acids is 1. The van der Waals surface area contributed by atoms with Crippen LogP contribution in [0.1, 0.15) is 51.0 Å². The highest BCUT2D eigenvalue weighted by Crippen LogP contribution is 2.50. The van der Waals surface area contributed by atoms with Gasteiger partial charge in [-0.05, 0) is 66.6 Å². The quantitative estimate of drug-likeness (QED) is 0.540. The highest BCUT2D eigenvalue weighted by atomic mass is 16.5. The topological polar surface area (TPSA) is 106 Å². The average molecular weight is 447 g/mol. The predicted molar refractivity (Wildman–Crippen MR) is 126 cm³/mol. The molecule has 0 unspecified atom stereocenters. The summed E-state index contributed by atoms with van der Waals surface area (Å²) in [6.07, 6.45) is 9.31. The van der Waals surface area contributed by atoms with Gasteiger partial charge in [0.1, 0.15) is 0 Å². The smallest absolute Gasteiger partial charge is 0.227 e. The Hall–Kier alpha value is -3.29. The SMILES string of the molecule is CCOc1ccc(-c2cc(C)c(NC(=O)[C@@H]3C[C@H]3C3CCCCC3)cc2-c2nn[nH]n2)cn1. The van der Waals surface area contributed by atoms with Crippen LogP contribution in [-0.2, 0) is 4.79 Å². The average Bonchev–Trinajstić information content (AvgIpc) is 3.47. The molecule has 2 atom stereocenters. The number of pyridine rings is 1. The fraction of sp³-hybridized carbons (Fsp3) is 0.480. The number of hydrogen-bond donors (Lipinski definition) is 2. The molecule has 0 saturated heterocycles. The predicted octanol–water partition coefficient (Wildman–Crippen LogP) is 4.79. The van der Waals surface area contributed by atoms with Gasteiger partial charge in [-0.1, -0.05) is 32.1 Å². The number of nitrogens with one attached hydrogen (secondary N) is 2. The van der Waals surface area contributed by atoms with Gasteiger partial charge in [0.15, 0.2) is 0 Å². The molecule has 3 aromatic rings. The molecule has 2 N–H and O–H groups in total. The molecular weight excluding hydrogens is 416 g/mol. The van der Waals surface area contributed by atoms with Crippen molar-refractivity contribution in [1.82, 2.24) is 25.6 Å². The number of aryl methyl sites for hydroxylation is 1. The highest BCUT2D eigenvalue weighted by molar-refractivity contribution is 5.97. The van der Waals surface area contributed by atoms with Crippen molar-refractivity contribution in [3.8, 4) is 28.4 Å². The summed E-state index contributed by atoms with van der Waals surface area (Å²) in [7, 11) is 0. The van der Waals surface area contributed by atoms with Gasteiger partial charge in [0.2, 0.25) is 17.6 Å². The molecule has 0 bridgehead atoms. The molecule has 2 aliphatic carbocycles. The van der Waals surface area contributed by atoms with Crippen LogP contribution in [0.4, 0.5) is 5.69 Å². The molecule has 0 spiro atoms. The first-order valence-corrected chi connectivity index (χ1v) is 11.9. The van der Waals surface area contributed by atoms with E-state index in [-0.39, 0.29) is 11.8 Å². The number of aromatic amines is 1. The fourth-order valence-electron chi connectivity index (χ4n) is 5.14. The highest BCUT2D eigenvalue weighted by Gasteiger charge is 2.47. The Morgan fingerprint density at radius 2 is 2.03 bits per heavy atom. The number of nitrogens with zero attached hydrogens (tertiary/aromatic N) is 4. The van der Waals surface area contributed by atoms with E-state index in [0.29, 0.717) is 24.2 Å². The number of amides is 1. The van der Waals surface area contributed by atoms with E-state index in [1.54, 1.807) is 6.20 Å². The third-order valence-corrected chi connectivity index (χ3v) is 6.98. The normalized spacial score (nSPS) is 20.4. The van der Waals surface area contributed by atoms with Crippen molar-refractivity contribution in [2.24, 2.45) is 17.8 Å². The van der Waals surface area contributed by atoms with Gasteiger partial charge >= 0.3 is 0 Å². The lowest BCUT2D eigenvalue weighted by atomic mass is 9.85. The lowest BCUT2D eigenvalue weighted by Crippen LogP contribution is -2.18. The van der Waals surface area contributed by atoms with Gasteiger partial charge in [0.25, 0.3) is 0 Å². The van der Waals surface area contributed by atoms with Gasteiger partial charge in [-0.3, -0.25) is 4.79 Å². The standard InChI is InChI=1S/C25H30N6O2/c1-3-33-23-10-9-17(14-26-23)18-11-15(2)22(13-20(18)24-28-30-31-29-24)27-25(32)21-12-19(21)16-7-5-4-6-8-16/h9-11,13-14,16,19,21H,3-8,12H2,1-2H3,(H,27,32)(H,28,29,30,31)/t19-,21+/m0/s1. The Morgan fingerprint density at radius 1 is 1.18 bits per heavy atom. The van der Waals surface area contributed by atoms with E-state index in [0.717, 1.165) is 40.3 Å². The number of carbonyl (C=O) groups is 1. The van der Waals surface area contributed by atoms with Crippen LogP contribution < -0.4 is 10.1 Å². The van der Waals surface area contributed by atoms with E-state index in [2.05, 4.69) is 30.9 Å². The molecule has 33 heavy (non-hydrogen) atoms. The zero-order valence-corrected chi connectivity index (χ0v) is 19.2. The summed E-state index contributed by atoms with van der Waals surface area (Å²) in [5, 5.41) is 17.8. The fourth-order valence-corrected chi connectivity index (χ4v) is 5.14. The van der Waals surface area contributed by atoms with Crippen molar-refractivity contribution in [3.05, 3.63) is 36.0 Å². The molecule has 1 aromatic carbocycles. The second-order valence-electron chi connectivity index (χ2n) is 9.16. The third-order valence-electron chi connectivity index (χ3n) is 6.98. The molecule has 2 heterocycles. The maximum absolute atomic E-state index is 13.0. The van der Waals surface area contributed by atoms with Crippen LogP contribution in [0.5, 0.6) is 5.88 Å². The summed E-state index contributed by atoms with van der Waals surface area (Å²) >= 11 is 0. The van der Waals surface area contributed by atoms with E-state index in [9.17, 15) is 4.79 Å². The van der Waals surface area contributed by atoms with Gasteiger partial charge in [0, 0.05) is 35.0 Å². The van der Waals surface area contributed by atoms with Gasteiger partial charge < -0.3 is 10.1 Å². The summed E-state index contributed by atoms with van der Waals surface area (Å²) < 4.78 is 5.47. The summed E-state index contributed by atoms with van der Waals surface area (Å²) in [5.74, 6) is 2.59. The molecule has 8 heteroatoms. The molecule has 1 amide bonds. The van der Waals surface area contributed by atoms with Crippen LogP contribution in [0.15, 0.2) is 30.5 Å². The summed E-state index contributed by atoms with van der Waals surface area (Å²) in [6.45, 7) is 4.50. The van der Waals surface area contributed by atoms with E-state index in [1.165, 1.54) is 32.1 Å². The molecule has 2 aromatic heterocycles. The van der Waals surface area contributed by atoms with Crippen LogP contribution >= 0.6 is 0 Å². The van der Waals surface area contributed by atoms with Crippen molar-refractivity contribution in [2.75, 3.05) is 11.9 Å². The minimum atomic E-state index is 0.128. The number of tetrazole rings is 1. The van der Waals surface area contributed by atoms with Crippen LogP contribution in [0.2, 0.25) is 0 Å². The molecular formula is C25H30N6O2. The molecule has 8 nitrogen and oxygen atoms in total. The number of aromatic nitrogens is 5. The monoisotopic (exact) mass is 446 g/mol. The summed E-state index contributed by atoms with van der Waals surface area (Å²) in [6, 6.07) is 7.81. The number of anilines is 1. The molecule has 0 radical (unpaired) electrons. The zero-order valence-electron chi connectivity index (χ0n) is 19.2. The van der Waals surface area contributed by atoms with Crippen LogP contribution in [0, 0.1) is 24.7 Å². The molecule has 2 saturated carbocycles. The third kappa shape index (κ3) is 4.60. The second kappa shape index (κ2) is 9.29. The van der Waals surface area contributed by atoms with Crippen molar-refractivity contribution in [1.29, 1.82) is 0 Å². The first-order valence-electron chi connectivity index (χ1n) is 11.9. The van der Waals surface area contributed by atoms with Gasteiger partial charge in [0.05, 0.1) is 6.61 Å². The molecule has 172 valence electrons. The van der Waals surface area contributed by atoms with Gasteiger partial charge in [-0.25, -0.2) is 4.98 Å². The lowest BCUT2D eigenvalue weighted by molar-refractivity contribution is -0.117. The number of benzene rings is 1. The van der Waals surface area contributed by atoms with Crippen molar-refractivity contribution < 1.29 is 9.53 Å². The maximum atomic E-state index is 13.0. The van der Waals surface area contributed by atoms with Crippen molar-refractivity contribution in [2.45, 2.75) is 52.4 Å². The van der Waals surface area contributed by atoms with E-state index in [1.807, 2.05) is 38.1 Å². The first kappa shape index (κ1) is 21.6. The summed E-state index contributed by atoms with van der Waals surface area (Å²) in [4.78, 5) is 17.4. The molecule has 2 aliphatic rings. The molecule has 2 fully saturated rings. The van der Waals surface area contributed by atoms with Crippen LogP contribution in [0.25, 0.3) is 22.5 Å². The van der Waals surface area contributed by atoms with Gasteiger partial charge in [-0.15, -0.1) is 10.2 Å². The minimum Gasteiger partial charge on any atom is -0.478 e. The Morgan fingerprint density at radius 3 is 2.73 bits per heavy atom. The van der Waals surface area contributed by atoms with Crippen LogP contribution in [0.3, 0.4) is 0 Å². The second-order valence-corrected chi connectivity index (χ2v) is 9.16.